The molecule has 0 amide bonds. The van der Waals surface area contributed by atoms with E-state index >= 15 is 0 Å². The largest absolute Gasteiger partial charge is 0.385 e. The van der Waals surface area contributed by atoms with Crippen LogP contribution in [0, 0.1) is 12.8 Å². The molecule has 1 N–H and O–H groups in total. The molecule has 0 radical (unpaired) electrons. The van der Waals surface area contributed by atoms with Gasteiger partial charge in [0.05, 0.1) is 0 Å². The summed E-state index contributed by atoms with van der Waals surface area (Å²) in [6.45, 7) is 6.77. The highest BCUT2D eigenvalue weighted by Gasteiger charge is 1.90. The normalized spacial score (nSPS) is 8.21. The molecule has 0 aliphatic rings. The molecule has 1 aromatic rings. The highest BCUT2D eigenvalue weighted by atomic mass is 14.8. The number of hydrogen-bond acceptors (Lipinski definition) is 1. The Balaban J connectivity index is 0.000000791. The van der Waals surface area contributed by atoms with Crippen molar-refractivity contribution >= 4 is 5.69 Å². The molecule has 0 saturated carbocycles. The molecule has 0 aromatic heterocycles. The van der Waals surface area contributed by atoms with Crippen molar-refractivity contribution < 1.29 is 0 Å². The summed E-state index contributed by atoms with van der Waals surface area (Å²) in [5.41, 5.74) is 2.50. The molecule has 1 nitrogen and oxygen atoms in total. The van der Waals surface area contributed by atoms with Crippen LogP contribution in [0.2, 0.25) is 0 Å². The van der Waals surface area contributed by atoms with E-state index in [2.05, 4.69) is 55.9 Å². The standard InChI is InChI=1S/C11H15N.C2H2/c1-3-5-10-6-8-11(9-7-10)12-4-2;1-2/h3,6-9,12H,1,4-5H2,2H3;1-2H. The van der Waals surface area contributed by atoms with Crippen LogP contribution in [-0.4, -0.2) is 6.54 Å². The Labute approximate surface area is 86.9 Å². The number of terminal acetylenes is 1. The number of nitrogens with one attached hydrogen (secondary N) is 1. The van der Waals surface area contributed by atoms with Gasteiger partial charge in [-0.25, -0.2) is 0 Å². The highest BCUT2D eigenvalue weighted by Crippen LogP contribution is 2.09. The van der Waals surface area contributed by atoms with Crippen LogP contribution in [0.4, 0.5) is 5.69 Å². The van der Waals surface area contributed by atoms with E-state index in [1.54, 1.807) is 0 Å². The van der Waals surface area contributed by atoms with E-state index in [1.807, 2.05) is 6.08 Å². The van der Waals surface area contributed by atoms with Crippen molar-refractivity contribution in [3.63, 3.8) is 0 Å². The summed E-state index contributed by atoms with van der Waals surface area (Å²) in [4.78, 5) is 0. The first-order valence-electron chi connectivity index (χ1n) is 4.64. The Bertz CT molecular complexity index is 269. The molecule has 0 saturated heterocycles. The molecule has 0 unspecified atom stereocenters. The number of rotatable bonds is 4. The minimum absolute atomic E-state index is 0.951. The summed E-state index contributed by atoms with van der Waals surface area (Å²) in [5, 5.41) is 3.25. The van der Waals surface area contributed by atoms with Crippen LogP contribution in [0.3, 0.4) is 0 Å². The summed E-state index contributed by atoms with van der Waals surface area (Å²) in [6, 6.07) is 8.45. The van der Waals surface area contributed by atoms with Gasteiger partial charge in [-0.1, -0.05) is 18.2 Å². The maximum atomic E-state index is 4.00. The van der Waals surface area contributed by atoms with Crippen LogP contribution in [0.5, 0.6) is 0 Å². The van der Waals surface area contributed by atoms with Gasteiger partial charge in [0, 0.05) is 12.2 Å². The first-order chi connectivity index (χ1) is 6.86. The molecule has 14 heavy (non-hydrogen) atoms. The van der Waals surface area contributed by atoms with Gasteiger partial charge in [-0.15, -0.1) is 19.4 Å². The molecule has 0 aliphatic carbocycles. The Morgan fingerprint density at radius 1 is 1.29 bits per heavy atom. The maximum Gasteiger partial charge on any atom is 0.0340 e. The predicted molar refractivity (Wildman–Crippen MR) is 64.4 cm³/mol. The fourth-order valence-corrected chi connectivity index (χ4v) is 1.13. The van der Waals surface area contributed by atoms with Gasteiger partial charge in [0.25, 0.3) is 0 Å². The van der Waals surface area contributed by atoms with E-state index in [4.69, 9.17) is 0 Å². The Kier molecular flexibility index (Phi) is 6.99. The molecule has 1 rings (SSSR count). The third-order valence-electron chi connectivity index (χ3n) is 1.71. The van der Waals surface area contributed by atoms with Crippen molar-refractivity contribution in [2.75, 3.05) is 11.9 Å². The molecule has 0 aliphatic heterocycles. The quantitative estimate of drug-likeness (QED) is 0.564. The topological polar surface area (TPSA) is 12.0 Å². The van der Waals surface area contributed by atoms with Crippen LogP contribution >= 0.6 is 0 Å². The number of anilines is 1. The summed E-state index contributed by atoms with van der Waals surface area (Å²) in [5.74, 6) is 0. The second-order valence-corrected chi connectivity index (χ2v) is 2.72. The van der Waals surface area contributed by atoms with Gasteiger partial charge in [0.15, 0.2) is 0 Å². The van der Waals surface area contributed by atoms with Crippen molar-refractivity contribution in [3.8, 4) is 12.8 Å². The molecule has 0 bridgehead atoms. The minimum atomic E-state index is 0.951. The van der Waals surface area contributed by atoms with E-state index < -0.39 is 0 Å². The monoisotopic (exact) mass is 187 g/mol. The molecule has 1 aromatic carbocycles. The lowest BCUT2D eigenvalue weighted by Gasteiger charge is -2.03. The number of benzene rings is 1. The molecular formula is C13H17N. The van der Waals surface area contributed by atoms with Crippen molar-refractivity contribution in [1.29, 1.82) is 0 Å². The molecule has 0 atom stereocenters. The SMILES string of the molecule is C#C.C=CCc1ccc(NCC)cc1. The zero-order valence-electron chi connectivity index (χ0n) is 8.66. The summed E-state index contributed by atoms with van der Waals surface area (Å²) < 4.78 is 0. The van der Waals surface area contributed by atoms with Crippen molar-refractivity contribution in [2.45, 2.75) is 13.3 Å². The fourth-order valence-electron chi connectivity index (χ4n) is 1.13. The van der Waals surface area contributed by atoms with E-state index in [0.29, 0.717) is 0 Å². The van der Waals surface area contributed by atoms with E-state index in [-0.39, 0.29) is 0 Å². The lowest BCUT2D eigenvalue weighted by atomic mass is 10.1. The first kappa shape index (κ1) is 12.3. The van der Waals surface area contributed by atoms with Crippen LogP contribution in [-0.2, 0) is 6.42 Å². The average molecular weight is 187 g/mol. The molecular weight excluding hydrogens is 170 g/mol. The summed E-state index contributed by atoms with van der Waals surface area (Å²) >= 11 is 0. The van der Waals surface area contributed by atoms with Crippen LogP contribution < -0.4 is 5.32 Å². The smallest absolute Gasteiger partial charge is 0.0340 e. The lowest BCUT2D eigenvalue weighted by molar-refractivity contribution is 1.20. The zero-order valence-corrected chi connectivity index (χ0v) is 8.66. The molecule has 0 fully saturated rings. The fraction of sp³-hybridized carbons (Fsp3) is 0.231. The van der Waals surface area contributed by atoms with Gasteiger partial charge < -0.3 is 5.32 Å². The maximum absolute atomic E-state index is 4.00. The van der Waals surface area contributed by atoms with Crippen molar-refractivity contribution in [1.82, 2.24) is 0 Å². The minimum Gasteiger partial charge on any atom is -0.385 e. The van der Waals surface area contributed by atoms with Crippen LogP contribution in [0.1, 0.15) is 12.5 Å². The van der Waals surface area contributed by atoms with E-state index in [1.165, 1.54) is 11.3 Å². The van der Waals surface area contributed by atoms with Crippen LogP contribution in [0.25, 0.3) is 0 Å². The first-order valence-corrected chi connectivity index (χ1v) is 4.64. The number of hydrogen-bond donors (Lipinski definition) is 1. The van der Waals surface area contributed by atoms with E-state index in [0.717, 1.165) is 13.0 Å². The second kappa shape index (κ2) is 7.94. The third kappa shape index (κ3) is 4.37. The molecule has 0 heterocycles. The summed E-state index contributed by atoms with van der Waals surface area (Å²) in [6.07, 6.45) is 10.9. The highest BCUT2D eigenvalue weighted by molar-refractivity contribution is 5.44. The predicted octanol–water partition coefficient (Wildman–Crippen LogP) is 3.10. The lowest BCUT2D eigenvalue weighted by Crippen LogP contribution is -1.95. The van der Waals surface area contributed by atoms with Crippen molar-refractivity contribution in [2.24, 2.45) is 0 Å². The molecule has 0 spiro atoms. The number of allylic oxidation sites excluding steroid dienone is 1. The van der Waals surface area contributed by atoms with Gasteiger partial charge in [0.2, 0.25) is 0 Å². The van der Waals surface area contributed by atoms with Gasteiger partial charge in [-0.05, 0) is 31.0 Å². The van der Waals surface area contributed by atoms with Crippen LogP contribution in [0.15, 0.2) is 36.9 Å². The average Bonchev–Trinajstić information content (AvgIpc) is 2.25. The zero-order chi connectivity index (χ0) is 10.8. The van der Waals surface area contributed by atoms with E-state index in [9.17, 15) is 0 Å². The third-order valence-corrected chi connectivity index (χ3v) is 1.71. The Hall–Kier alpha value is -1.68. The summed E-state index contributed by atoms with van der Waals surface area (Å²) in [7, 11) is 0. The van der Waals surface area contributed by atoms with Gasteiger partial charge >= 0.3 is 0 Å². The Morgan fingerprint density at radius 3 is 2.29 bits per heavy atom. The molecule has 1 heteroatoms. The Morgan fingerprint density at radius 2 is 1.86 bits per heavy atom. The van der Waals surface area contributed by atoms with Gasteiger partial charge in [0.1, 0.15) is 0 Å². The second-order valence-electron chi connectivity index (χ2n) is 2.72. The van der Waals surface area contributed by atoms with Gasteiger partial charge in [-0.2, -0.15) is 0 Å². The van der Waals surface area contributed by atoms with Gasteiger partial charge in [-0.3, -0.25) is 0 Å². The van der Waals surface area contributed by atoms with Crippen molar-refractivity contribution in [3.05, 3.63) is 42.5 Å². The molecule has 74 valence electrons.